The fourth-order valence-electron chi connectivity index (χ4n) is 9.30. The zero-order chi connectivity index (χ0) is 39.2. The number of benzene rings is 9. The monoisotopic (exact) mass is 750 g/mol. The Morgan fingerprint density at radius 3 is 1.44 bits per heavy atom. The van der Waals surface area contributed by atoms with Gasteiger partial charge in [0.2, 0.25) is 0 Å². The van der Waals surface area contributed by atoms with E-state index in [0.29, 0.717) is 5.82 Å². The number of nitrogens with zero attached hydrogens (tertiary/aromatic N) is 2. The SMILES string of the molecule is c1ccc(-c2cc(-c3ccc(-c4ccc(-c5ccc6c(c5)-c5ccccc5C6(c5ccccc5)c5ccccc5)cc4)c4ccccc34)nc(-c3ccccc3)n2)cc1. The van der Waals surface area contributed by atoms with Crippen LogP contribution < -0.4 is 0 Å². The summed E-state index contributed by atoms with van der Waals surface area (Å²) in [6.45, 7) is 0. The Labute approximate surface area is 344 Å². The van der Waals surface area contributed by atoms with Gasteiger partial charge in [0.1, 0.15) is 0 Å². The molecule has 0 atom stereocenters. The van der Waals surface area contributed by atoms with Gasteiger partial charge in [-0.25, -0.2) is 9.97 Å². The molecule has 0 spiro atoms. The molecule has 11 rings (SSSR count). The van der Waals surface area contributed by atoms with Crippen molar-refractivity contribution in [2.75, 3.05) is 0 Å². The van der Waals surface area contributed by atoms with Crippen molar-refractivity contribution in [1.82, 2.24) is 9.97 Å². The van der Waals surface area contributed by atoms with E-state index in [1.54, 1.807) is 0 Å². The van der Waals surface area contributed by atoms with Crippen molar-refractivity contribution in [3.8, 4) is 67.3 Å². The minimum Gasteiger partial charge on any atom is -0.228 e. The quantitative estimate of drug-likeness (QED) is 0.162. The number of fused-ring (bicyclic) bond motifs is 4. The van der Waals surface area contributed by atoms with Crippen molar-refractivity contribution in [1.29, 1.82) is 0 Å². The molecule has 10 aromatic rings. The van der Waals surface area contributed by atoms with Gasteiger partial charge in [0.25, 0.3) is 0 Å². The minimum atomic E-state index is -0.401. The Bertz CT molecular complexity index is 3020. The lowest BCUT2D eigenvalue weighted by atomic mass is 9.67. The molecule has 2 heteroatoms. The maximum absolute atomic E-state index is 5.17. The number of rotatable bonds is 7. The van der Waals surface area contributed by atoms with Gasteiger partial charge in [-0.1, -0.05) is 218 Å². The van der Waals surface area contributed by atoms with Gasteiger partial charge in [-0.3, -0.25) is 0 Å². The number of hydrogen-bond donors (Lipinski definition) is 0. The van der Waals surface area contributed by atoms with Crippen molar-refractivity contribution in [3.05, 3.63) is 253 Å². The smallest absolute Gasteiger partial charge is 0.160 e. The van der Waals surface area contributed by atoms with Crippen LogP contribution in [0.4, 0.5) is 0 Å². The molecule has 276 valence electrons. The summed E-state index contributed by atoms with van der Waals surface area (Å²) in [7, 11) is 0. The first-order valence-electron chi connectivity index (χ1n) is 20.2. The molecular formula is C57H38N2. The zero-order valence-electron chi connectivity index (χ0n) is 32.3. The van der Waals surface area contributed by atoms with Gasteiger partial charge in [-0.05, 0) is 78.5 Å². The first-order valence-corrected chi connectivity index (χ1v) is 20.2. The van der Waals surface area contributed by atoms with Crippen molar-refractivity contribution in [2.45, 2.75) is 5.41 Å². The topological polar surface area (TPSA) is 25.8 Å². The summed E-state index contributed by atoms with van der Waals surface area (Å²) in [4.78, 5) is 10.2. The summed E-state index contributed by atoms with van der Waals surface area (Å²) in [6, 6.07) is 82.9. The maximum atomic E-state index is 5.17. The van der Waals surface area contributed by atoms with E-state index in [1.165, 1.54) is 61.0 Å². The molecule has 0 aliphatic heterocycles. The van der Waals surface area contributed by atoms with E-state index in [1.807, 2.05) is 24.3 Å². The van der Waals surface area contributed by atoms with E-state index in [0.717, 1.165) is 33.5 Å². The number of aromatic nitrogens is 2. The predicted octanol–water partition coefficient (Wildman–Crippen LogP) is 14.3. The van der Waals surface area contributed by atoms with Crippen LogP contribution in [0, 0.1) is 0 Å². The second-order valence-corrected chi connectivity index (χ2v) is 15.3. The van der Waals surface area contributed by atoms with Crippen LogP contribution in [0.3, 0.4) is 0 Å². The summed E-state index contributed by atoms with van der Waals surface area (Å²) in [6.07, 6.45) is 0. The standard InChI is InChI=1S/C57H38N2/c1-5-17-41(18-6-1)54-38-55(59-56(58-54)42-19-7-2-8-20-42)50-35-34-46(47-25-13-14-26-48(47)50)40-31-29-39(30-32-40)43-33-36-53-51(37-43)49-27-15-16-28-52(49)57(53,44-21-9-3-10-22-44)45-23-11-4-12-24-45/h1-38H. The zero-order valence-corrected chi connectivity index (χ0v) is 32.3. The molecule has 1 aromatic heterocycles. The third-order valence-corrected chi connectivity index (χ3v) is 12.0. The summed E-state index contributed by atoms with van der Waals surface area (Å²) >= 11 is 0. The third kappa shape index (κ3) is 5.80. The lowest BCUT2D eigenvalue weighted by molar-refractivity contribution is 0.768. The van der Waals surface area contributed by atoms with Crippen molar-refractivity contribution < 1.29 is 0 Å². The normalized spacial score (nSPS) is 12.5. The molecule has 0 saturated heterocycles. The predicted molar refractivity (Wildman–Crippen MR) is 244 cm³/mol. The van der Waals surface area contributed by atoms with Crippen molar-refractivity contribution in [3.63, 3.8) is 0 Å². The lowest BCUT2D eigenvalue weighted by Gasteiger charge is -2.33. The van der Waals surface area contributed by atoms with Crippen LogP contribution >= 0.6 is 0 Å². The van der Waals surface area contributed by atoms with Crippen LogP contribution in [0.1, 0.15) is 22.3 Å². The van der Waals surface area contributed by atoms with Crippen molar-refractivity contribution in [2.24, 2.45) is 0 Å². The Hall–Kier alpha value is -7.68. The molecule has 59 heavy (non-hydrogen) atoms. The summed E-state index contributed by atoms with van der Waals surface area (Å²) in [5.41, 5.74) is 17.1. The van der Waals surface area contributed by atoms with Crippen LogP contribution in [0.25, 0.3) is 78.1 Å². The molecular weight excluding hydrogens is 713 g/mol. The van der Waals surface area contributed by atoms with Crippen molar-refractivity contribution >= 4 is 10.8 Å². The Morgan fingerprint density at radius 2 is 0.763 bits per heavy atom. The van der Waals surface area contributed by atoms with Gasteiger partial charge in [0, 0.05) is 16.7 Å². The van der Waals surface area contributed by atoms with Gasteiger partial charge < -0.3 is 0 Å². The minimum absolute atomic E-state index is 0.401. The molecule has 0 N–H and O–H groups in total. The van der Waals surface area contributed by atoms with Gasteiger partial charge >= 0.3 is 0 Å². The highest BCUT2D eigenvalue weighted by Gasteiger charge is 2.45. The second-order valence-electron chi connectivity index (χ2n) is 15.3. The fraction of sp³-hybridized carbons (Fsp3) is 0.0175. The molecule has 0 bridgehead atoms. The van der Waals surface area contributed by atoms with Crippen LogP contribution in [0.2, 0.25) is 0 Å². The third-order valence-electron chi connectivity index (χ3n) is 12.0. The van der Waals surface area contributed by atoms with Crippen LogP contribution in [0.15, 0.2) is 231 Å². The highest BCUT2D eigenvalue weighted by molar-refractivity contribution is 6.05. The average molecular weight is 751 g/mol. The maximum Gasteiger partial charge on any atom is 0.160 e. The summed E-state index contributed by atoms with van der Waals surface area (Å²) in [5.74, 6) is 0.714. The van der Waals surface area contributed by atoms with E-state index in [2.05, 4.69) is 206 Å². The summed E-state index contributed by atoms with van der Waals surface area (Å²) in [5, 5.41) is 2.34. The lowest BCUT2D eigenvalue weighted by Crippen LogP contribution is -2.28. The first-order chi connectivity index (χ1) is 29.3. The van der Waals surface area contributed by atoms with Gasteiger partial charge in [-0.15, -0.1) is 0 Å². The first kappa shape index (κ1) is 34.6. The molecule has 1 heterocycles. The Balaban J connectivity index is 0.991. The van der Waals surface area contributed by atoms with E-state index in [4.69, 9.17) is 9.97 Å². The van der Waals surface area contributed by atoms with E-state index in [9.17, 15) is 0 Å². The molecule has 0 fully saturated rings. The second kappa shape index (κ2) is 14.4. The van der Waals surface area contributed by atoms with Crippen LogP contribution in [-0.2, 0) is 5.41 Å². The highest BCUT2D eigenvalue weighted by atomic mass is 14.9. The average Bonchev–Trinajstić information content (AvgIpc) is 3.62. The van der Waals surface area contributed by atoms with Crippen LogP contribution in [-0.4, -0.2) is 9.97 Å². The fourth-order valence-corrected chi connectivity index (χ4v) is 9.30. The Kier molecular flexibility index (Phi) is 8.41. The van der Waals surface area contributed by atoms with E-state index >= 15 is 0 Å². The highest BCUT2D eigenvalue weighted by Crippen LogP contribution is 2.56. The van der Waals surface area contributed by atoms with Crippen LogP contribution in [0.5, 0.6) is 0 Å². The van der Waals surface area contributed by atoms with E-state index in [-0.39, 0.29) is 0 Å². The largest absolute Gasteiger partial charge is 0.228 e. The molecule has 1 aliphatic carbocycles. The molecule has 0 amide bonds. The number of hydrogen-bond acceptors (Lipinski definition) is 2. The van der Waals surface area contributed by atoms with Gasteiger partial charge in [0.15, 0.2) is 5.82 Å². The Morgan fingerprint density at radius 1 is 0.271 bits per heavy atom. The summed E-state index contributed by atoms with van der Waals surface area (Å²) < 4.78 is 0. The van der Waals surface area contributed by atoms with E-state index < -0.39 is 5.41 Å². The molecule has 1 aliphatic rings. The molecule has 0 unspecified atom stereocenters. The molecule has 9 aromatic carbocycles. The molecule has 2 nitrogen and oxygen atoms in total. The molecule has 0 saturated carbocycles. The van der Waals surface area contributed by atoms with Gasteiger partial charge in [0.05, 0.1) is 16.8 Å². The molecule has 0 radical (unpaired) electrons. The van der Waals surface area contributed by atoms with Gasteiger partial charge in [-0.2, -0.15) is 0 Å².